The van der Waals surface area contributed by atoms with Crippen molar-refractivity contribution < 1.29 is 4.74 Å². The Kier molecular flexibility index (Phi) is 3.16. The molecule has 3 nitrogen and oxygen atoms in total. The van der Waals surface area contributed by atoms with Crippen LogP contribution in [0.4, 0.5) is 0 Å². The standard InChI is InChI=1S/C19H20N2O/c1-20(2)11-10-16-12-14-6-5-7-15-13-22-18-9-4-3-8-17(18)21(16)19(14)15/h3-9,12H,10-11,13H2,1-2H3. The third-order valence-electron chi connectivity index (χ3n) is 4.29. The van der Waals surface area contributed by atoms with Crippen molar-refractivity contribution in [1.29, 1.82) is 0 Å². The molecule has 0 N–H and O–H groups in total. The molecule has 2 aromatic carbocycles. The van der Waals surface area contributed by atoms with Crippen LogP contribution < -0.4 is 4.74 Å². The van der Waals surface area contributed by atoms with E-state index in [9.17, 15) is 0 Å². The largest absolute Gasteiger partial charge is 0.487 e. The molecule has 1 aliphatic rings. The molecule has 22 heavy (non-hydrogen) atoms. The van der Waals surface area contributed by atoms with Crippen LogP contribution in [0.3, 0.4) is 0 Å². The Hall–Kier alpha value is -2.26. The van der Waals surface area contributed by atoms with Crippen molar-refractivity contribution >= 4 is 10.9 Å². The zero-order chi connectivity index (χ0) is 15.1. The number of rotatable bonds is 3. The highest BCUT2D eigenvalue weighted by atomic mass is 16.5. The quantitative estimate of drug-likeness (QED) is 0.733. The van der Waals surface area contributed by atoms with Crippen LogP contribution in [0.25, 0.3) is 16.6 Å². The number of nitrogens with zero attached hydrogens (tertiary/aromatic N) is 2. The van der Waals surface area contributed by atoms with Gasteiger partial charge in [-0.05, 0) is 32.3 Å². The molecule has 0 radical (unpaired) electrons. The summed E-state index contributed by atoms with van der Waals surface area (Å²) in [4.78, 5) is 2.23. The summed E-state index contributed by atoms with van der Waals surface area (Å²) in [7, 11) is 4.24. The lowest BCUT2D eigenvalue weighted by atomic mass is 10.1. The highest BCUT2D eigenvalue weighted by molar-refractivity contribution is 5.87. The number of hydrogen-bond donors (Lipinski definition) is 0. The van der Waals surface area contributed by atoms with Crippen LogP contribution in [0.15, 0.2) is 48.5 Å². The minimum Gasteiger partial charge on any atom is -0.487 e. The first kappa shape index (κ1) is 13.4. The van der Waals surface area contributed by atoms with Gasteiger partial charge in [-0.15, -0.1) is 0 Å². The van der Waals surface area contributed by atoms with Crippen molar-refractivity contribution in [3.8, 4) is 11.4 Å². The second-order valence-corrected chi connectivity index (χ2v) is 6.14. The van der Waals surface area contributed by atoms with Crippen LogP contribution >= 0.6 is 0 Å². The molecule has 0 atom stereocenters. The van der Waals surface area contributed by atoms with Crippen LogP contribution in [0.2, 0.25) is 0 Å². The topological polar surface area (TPSA) is 17.4 Å². The maximum atomic E-state index is 6.03. The first-order valence-electron chi connectivity index (χ1n) is 7.73. The van der Waals surface area contributed by atoms with Crippen molar-refractivity contribution in [2.45, 2.75) is 13.0 Å². The van der Waals surface area contributed by atoms with E-state index >= 15 is 0 Å². The van der Waals surface area contributed by atoms with E-state index in [1.54, 1.807) is 0 Å². The van der Waals surface area contributed by atoms with Crippen molar-refractivity contribution in [2.24, 2.45) is 0 Å². The van der Waals surface area contributed by atoms with Crippen molar-refractivity contribution in [2.75, 3.05) is 20.6 Å². The van der Waals surface area contributed by atoms with E-state index in [1.807, 2.05) is 6.07 Å². The minimum atomic E-state index is 0.630. The van der Waals surface area contributed by atoms with E-state index in [1.165, 1.54) is 22.2 Å². The Morgan fingerprint density at radius 3 is 2.82 bits per heavy atom. The Morgan fingerprint density at radius 1 is 1.09 bits per heavy atom. The fourth-order valence-electron chi connectivity index (χ4n) is 3.22. The Bertz CT molecular complexity index is 833. The molecule has 0 bridgehead atoms. The lowest BCUT2D eigenvalue weighted by Gasteiger charge is -2.14. The fraction of sp³-hybridized carbons (Fsp3) is 0.263. The molecule has 3 aromatic rings. The molecule has 0 aliphatic carbocycles. The highest BCUT2D eigenvalue weighted by Gasteiger charge is 2.19. The van der Waals surface area contributed by atoms with Gasteiger partial charge in [-0.1, -0.05) is 30.3 Å². The SMILES string of the molecule is CN(C)CCc1cc2cccc3c2n1-c1ccccc1OC3. The van der Waals surface area contributed by atoms with Gasteiger partial charge in [0, 0.05) is 29.6 Å². The van der Waals surface area contributed by atoms with E-state index in [0.717, 1.165) is 24.4 Å². The molecule has 3 heteroatoms. The van der Waals surface area contributed by atoms with Gasteiger partial charge in [-0.3, -0.25) is 0 Å². The Labute approximate surface area is 130 Å². The molecule has 4 rings (SSSR count). The minimum absolute atomic E-state index is 0.630. The molecule has 0 spiro atoms. The number of para-hydroxylation sites is 3. The summed E-state index contributed by atoms with van der Waals surface area (Å²) in [5.74, 6) is 0.960. The molecule has 0 unspecified atom stereocenters. The molecule has 1 aliphatic heterocycles. The van der Waals surface area contributed by atoms with Gasteiger partial charge in [-0.2, -0.15) is 0 Å². The zero-order valence-electron chi connectivity index (χ0n) is 13.0. The van der Waals surface area contributed by atoms with Crippen molar-refractivity contribution in [3.05, 3.63) is 59.8 Å². The molecule has 1 aromatic heterocycles. The Balaban J connectivity index is 1.98. The third-order valence-corrected chi connectivity index (χ3v) is 4.29. The van der Waals surface area contributed by atoms with Gasteiger partial charge in [-0.25, -0.2) is 0 Å². The molecule has 112 valence electrons. The summed E-state index contributed by atoms with van der Waals surface area (Å²) in [6.45, 7) is 1.67. The van der Waals surface area contributed by atoms with Crippen LogP contribution in [0.5, 0.6) is 5.75 Å². The second-order valence-electron chi connectivity index (χ2n) is 6.14. The van der Waals surface area contributed by atoms with Gasteiger partial charge >= 0.3 is 0 Å². The second kappa shape index (κ2) is 5.18. The number of aromatic nitrogens is 1. The van der Waals surface area contributed by atoms with Gasteiger partial charge in [0.15, 0.2) is 0 Å². The maximum Gasteiger partial charge on any atom is 0.143 e. The Morgan fingerprint density at radius 2 is 1.95 bits per heavy atom. The molecular formula is C19H20N2O. The smallest absolute Gasteiger partial charge is 0.143 e. The van der Waals surface area contributed by atoms with Gasteiger partial charge in [0.2, 0.25) is 0 Å². The first-order valence-corrected chi connectivity index (χ1v) is 7.73. The molecule has 0 saturated heterocycles. The number of likely N-dealkylation sites (N-methyl/N-ethyl adjacent to an activating group) is 1. The maximum absolute atomic E-state index is 6.03. The van der Waals surface area contributed by atoms with Crippen LogP contribution in [0, 0.1) is 0 Å². The molecule has 2 heterocycles. The average Bonchev–Trinajstić information content (AvgIpc) is 2.80. The van der Waals surface area contributed by atoms with Gasteiger partial charge in [0.05, 0.1) is 11.2 Å². The van der Waals surface area contributed by atoms with Crippen LogP contribution in [0.1, 0.15) is 11.3 Å². The van der Waals surface area contributed by atoms with E-state index < -0.39 is 0 Å². The van der Waals surface area contributed by atoms with E-state index in [0.29, 0.717) is 6.61 Å². The number of benzene rings is 2. The summed E-state index contributed by atoms with van der Waals surface area (Å²) in [6, 6.07) is 17.1. The molecular weight excluding hydrogens is 272 g/mol. The van der Waals surface area contributed by atoms with Crippen LogP contribution in [-0.4, -0.2) is 30.1 Å². The first-order chi connectivity index (χ1) is 10.7. The van der Waals surface area contributed by atoms with Crippen molar-refractivity contribution in [1.82, 2.24) is 9.47 Å². The normalized spacial score (nSPS) is 13.0. The van der Waals surface area contributed by atoms with Gasteiger partial charge in [0.1, 0.15) is 12.4 Å². The third kappa shape index (κ3) is 2.09. The molecule has 0 amide bonds. The van der Waals surface area contributed by atoms with Crippen molar-refractivity contribution in [3.63, 3.8) is 0 Å². The summed E-state index contributed by atoms with van der Waals surface area (Å²) < 4.78 is 8.41. The average molecular weight is 292 g/mol. The monoisotopic (exact) mass is 292 g/mol. The van der Waals surface area contributed by atoms with E-state index in [4.69, 9.17) is 4.74 Å². The number of fused-ring (bicyclic) bond motifs is 2. The lowest BCUT2D eigenvalue weighted by molar-refractivity contribution is 0.309. The fourth-order valence-corrected chi connectivity index (χ4v) is 3.22. The predicted molar refractivity (Wildman–Crippen MR) is 89.9 cm³/mol. The van der Waals surface area contributed by atoms with E-state index in [-0.39, 0.29) is 0 Å². The lowest BCUT2D eigenvalue weighted by Crippen LogP contribution is -2.16. The summed E-state index contributed by atoms with van der Waals surface area (Å²) in [5, 5.41) is 1.30. The predicted octanol–water partition coefficient (Wildman–Crippen LogP) is 3.63. The van der Waals surface area contributed by atoms with Gasteiger partial charge < -0.3 is 14.2 Å². The summed E-state index contributed by atoms with van der Waals surface area (Å²) >= 11 is 0. The highest BCUT2D eigenvalue weighted by Crippen LogP contribution is 2.35. The van der Waals surface area contributed by atoms with Crippen LogP contribution in [-0.2, 0) is 13.0 Å². The van der Waals surface area contributed by atoms with E-state index in [2.05, 4.69) is 66.0 Å². The van der Waals surface area contributed by atoms with Gasteiger partial charge in [0.25, 0.3) is 0 Å². The number of hydrogen-bond acceptors (Lipinski definition) is 2. The molecule has 0 fully saturated rings. The zero-order valence-corrected chi connectivity index (χ0v) is 13.0. The molecule has 0 saturated carbocycles. The number of ether oxygens (including phenoxy) is 1. The summed E-state index contributed by atoms with van der Waals surface area (Å²) in [6.07, 6.45) is 1.02. The summed E-state index contributed by atoms with van der Waals surface area (Å²) in [5.41, 5.74) is 5.04.